The molecule has 0 aliphatic heterocycles. The summed E-state index contributed by atoms with van der Waals surface area (Å²) in [6.45, 7) is 4.58. The number of aliphatic carboxylic acids is 1. The van der Waals surface area contributed by atoms with Crippen LogP contribution in [0, 0.1) is 6.92 Å². The zero-order valence-corrected chi connectivity index (χ0v) is 10.8. The molecule has 2 N–H and O–H groups in total. The van der Waals surface area contributed by atoms with E-state index in [4.69, 9.17) is 9.84 Å². The van der Waals surface area contributed by atoms with Gasteiger partial charge in [-0.15, -0.1) is 0 Å². The summed E-state index contributed by atoms with van der Waals surface area (Å²) in [5.41, 5.74) is -0.439. The first-order chi connectivity index (χ1) is 8.27. The first kappa shape index (κ1) is 14.0. The van der Waals surface area contributed by atoms with E-state index < -0.39 is 17.4 Å². The zero-order chi connectivity index (χ0) is 13.9. The number of ether oxygens (including phenoxy) is 1. The van der Waals surface area contributed by atoms with Crippen molar-refractivity contribution in [1.82, 2.24) is 10.3 Å². The Balaban J connectivity index is 3.01. The number of hydrogen-bond acceptors (Lipinski definition) is 4. The molecule has 1 amide bonds. The molecule has 0 spiro atoms. The van der Waals surface area contributed by atoms with Gasteiger partial charge >= 0.3 is 5.97 Å². The van der Waals surface area contributed by atoms with Crippen LogP contribution in [0.4, 0.5) is 0 Å². The number of carboxylic acid groups (broad SMARTS) is 1. The van der Waals surface area contributed by atoms with E-state index in [1.807, 2.05) is 0 Å². The second-order valence-corrected chi connectivity index (χ2v) is 4.39. The van der Waals surface area contributed by atoms with Gasteiger partial charge in [0.05, 0.1) is 7.11 Å². The average Bonchev–Trinajstić information content (AvgIpc) is 2.27. The van der Waals surface area contributed by atoms with Crippen LogP contribution in [0.1, 0.15) is 29.9 Å². The molecule has 0 saturated carbocycles. The Hall–Kier alpha value is -2.11. The molecule has 0 bridgehead atoms. The number of carboxylic acids is 1. The number of carbonyl (C=O) groups excluding carboxylic acids is 1. The van der Waals surface area contributed by atoms with E-state index in [-0.39, 0.29) is 11.4 Å². The molecular formula is C12H16N2O4. The Morgan fingerprint density at radius 2 is 2.00 bits per heavy atom. The predicted octanol–water partition coefficient (Wildman–Crippen LogP) is 0.992. The Labute approximate surface area is 105 Å². The molecule has 1 rings (SSSR count). The van der Waals surface area contributed by atoms with Crippen molar-refractivity contribution in [2.75, 3.05) is 7.11 Å². The highest BCUT2D eigenvalue weighted by Crippen LogP contribution is 2.16. The summed E-state index contributed by atoms with van der Waals surface area (Å²) in [6.07, 6.45) is 0. The standard InChI is InChI=1S/C12H16N2O4/c1-7-5-6-8(10(13-7)18-4)9(15)14-12(2,3)11(16)17/h5-6H,1-4H3,(H,14,15)(H,16,17). The van der Waals surface area contributed by atoms with Gasteiger partial charge in [-0.05, 0) is 32.9 Å². The number of aryl methyl sites for hydroxylation is 1. The Bertz CT molecular complexity index is 483. The normalized spacial score (nSPS) is 10.9. The van der Waals surface area contributed by atoms with Crippen LogP contribution in [0.5, 0.6) is 5.88 Å². The molecule has 0 aromatic carbocycles. The molecule has 18 heavy (non-hydrogen) atoms. The highest BCUT2D eigenvalue weighted by molar-refractivity contribution is 5.99. The van der Waals surface area contributed by atoms with Crippen LogP contribution in [-0.4, -0.2) is 34.6 Å². The van der Waals surface area contributed by atoms with Crippen LogP contribution in [0.2, 0.25) is 0 Å². The molecule has 0 aliphatic rings. The monoisotopic (exact) mass is 252 g/mol. The largest absolute Gasteiger partial charge is 0.480 e. The molecule has 0 unspecified atom stereocenters. The van der Waals surface area contributed by atoms with Gasteiger partial charge in [-0.1, -0.05) is 0 Å². The van der Waals surface area contributed by atoms with Crippen molar-refractivity contribution in [3.63, 3.8) is 0 Å². The van der Waals surface area contributed by atoms with Gasteiger partial charge in [0.2, 0.25) is 5.88 Å². The van der Waals surface area contributed by atoms with Crippen LogP contribution in [0.25, 0.3) is 0 Å². The minimum Gasteiger partial charge on any atom is -0.480 e. The van der Waals surface area contributed by atoms with Gasteiger partial charge in [-0.25, -0.2) is 9.78 Å². The maximum atomic E-state index is 12.0. The third kappa shape index (κ3) is 2.97. The second-order valence-electron chi connectivity index (χ2n) is 4.39. The van der Waals surface area contributed by atoms with Gasteiger partial charge < -0.3 is 15.2 Å². The summed E-state index contributed by atoms with van der Waals surface area (Å²) >= 11 is 0. The van der Waals surface area contributed by atoms with Crippen molar-refractivity contribution in [1.29, 1.82) is 0 Å². The van der Waals surface area contributed by atoms with Crippen molar-refractivity contribution in [2.45, 2.75) is 26.3 Å². The minimum absolute atomic E-state index is 0.175. The zero-order valence-electron chi connectivity index (χ0n) is 10.8. The van der Waals surface area contributed by atoms with Gasteiger partial charge in [0.1, 0.15) is 11.1 Å². The average molecular weight is 252 g/mol. The van der Waals surface area contributed by atoms with Crippen LogP contribution >= 0.6 is 0 Å². The third-order valence-electron chi connectivity index (χ3n) is 2.40. The van der Waals surface area contributed by atoms with Crippen molar-refractivity contribution < 1.29 is 19.4 Å². The lowest BCUT2D eigenvalue weighted by atomic mass is 10.1. The first-order valence-corrected chi connectivity index (χ1v) is 5.35. The molecule has 0 saturated heterocycles. The number of rotatable bonds is 4. The molecular weight excluding hydrogens is 236 g/mol. The van der Waals surface area contributed by atoms with E-state index >= 15 is 0 Å². The number of nitrogens with zero attached hydrogens (tertiary/aromatic N) is 1. The smallest absolute Gasteiger partial charge is 0.328 e. The Morgan fingerprint density at radius 1 is 1.39 bits per heavy atom. The van der Waals surface area contributed by atoms with E-state index in [1.165, 1.54) is 21.0 Å². The van der Waals surface area contributed by atoms with E-state index in [0.717, 1.165) is 0 Å². The molecule has 0 aliphatic carbocycles. The lowest BCUT2D eigenvalue weighted by molar-refractivity contribution is -0.143. The molecule has 6 nitrogen and oxygen atoms in total. The van der Waals surface area contributed by atoms with Gasteiger partial charge in [-0.2, -0.15) is 0 Å². The fraction of sp³-hybridized carbons (Fsp3) is 0.417. The van der Waals surface area contributed by atoms with Crippen LogP contribution < -0.4 is 10.1 Å². The number of pyridine rings is 1. The minimum atomic E-state index is -1.35. The van der Waals surface area contributed by atoms with Crippen molar-refractivity contribution in [3.05, 3.63) is 23.4 Å². The third-order valence-corrected chi connectivity index (χ3v) is 2.40. The number of aromatic nitrogens is 1. The molecule has 1 heterocycles. The summed E-state index contributed by atoms with van der Waals surface area (Å²) in [6, 6.07) is 3.21. The highest BCUT2D eigenvalue weighted by Gasteiger charge is 2.30. The molecule has 0 atom stereocenters. The highest BCUT2D eigenvalue weighted by atomic mass is 16.5. The molecule has 1 aromatic rings. The summed E-state index contributed by atoms with van der Waals surface area (Å²) in [7, 11) is 1.40. The van der Waals surface area contributed by atoms with Crippen molar-refractivity contribution in [3.8, 4) is 5.88 Å². The van der Waals surface area contributed by atoms with Gasteiger partial charge in [0, 0.05) is 5.69 Å². The molecule has 0 radical (unpaired) electrons. The summed E-state index contributed by atoms with van der Waals surface area (Å²) in [5.74, 6) is -1.48. The van der Waals surface area contributed by atoms with E-state index in [0.29, 0.717) is 5.69 Å². The van der Waals surface area contributed by atoms with Crippen LogP contribution in [0.3, 0.4) is 0 Å². The van der Waals surface area contributed by atoms with Crippen LogP contribution in [0.15, 0.2) is 12.1 Å². The van der Waals surface area contributed by atoms with Crippen molar-refractivity contribution in [2.24, 2.45) is 0 Å². The number of nitrogens with one attached hydrogen (secondary N) is 1. The fourth-order valence-corrected chi connectivity index (χ4v) is 1.27. The Morgan fingerprint density at radius 3 is 2.50 bits per heavy atom. The first-order valence-electron chi connectivity index (χ1n) is 5.35. The topological polar surface area (TPSA) is 88.5 Å². The van der Waals surface area contributed by atoms with Crippen molar-refractivity contribution >= 4 is 11.9 Å². The van der Waals surface area contributed by atoms with E-state index in [1.54, 1.807) is 19.1 Å². The SMILES string of the molecule is COc1nc(C)ccc1C(=O)NC(C)(C)C(=O)O. The number of hydrogen-bond donors (Lipinski definition) is 2. The maximum absolute atomic E-state index is 12.0. The molecule has 1 aromatic heterocycles. The quantitative estimate of drug-likeness (QED) is 0.834. The molecule has 6 heteroatoms. The number of amides is 1. The summed E-state index contributed by atoms with van der Waals surface area (Å²) in [4.78, 5) is 27.0. The van der Waals surface area contributed by atoms with E-state index in [9.17, 15) is 9.59 Å². The number of carbonyl (C=O) groups is 2. The second kappa shape index (κ2) is 5.03. The summed E-state index contributed by atoms with van der Waals surface area (Å²) < 4.78 is 5.00. The van der Waals surface area contributed by atoms with Gasteiger partial charge in [0.25, 0.3) is 5.91 Å². The fourth-order valence-electron chi connectivity index (χ4n) is 1.27. The van der Waals surface area contributed by atoms with Gasteiger partial charge in [0.15, 0.2) is 0 Å². The number of methoxy groups -OCH3 is 1. The Kier molecular flexibility index (Phi) is 3.90. The maximum Gasteiger partial charge on any atom is 0.328 e. The lowest BCUT2D eigenvalue weighted by Gasteiger charge is -2.21. The predicted molar refractivity (Wildman–Crippen MR) is 64.7 cm³/mol. The lowest BCUT2D eigenvalue weighted by Crippen LogP contribution is -2.49. The van der Waals surface area contributed by atoms with Gasteiger partial charge in [-0.3, -0.25) is 4.79 Å². The molecule has 0 fully saturated rings. The summed E-state index contributed by atoms with van der Waals surface area (Å²) in [5, 5.41) is 11.4. The van der Waals surface area contributed by atoms with E-state index in [2.05, 4.69) is 10.3 Å². The van der Waals surface area contributed by atoms with Crippen LogP contribution in [-0.2, 0) is 4.79 Å². The molecule has 98 valence electrons.